The standard InChI is InChI=1S/C20H19BrClN3O/c1-25(20(26)17-10-9-15(21)12-18(17)22)11-5-8-16-13-19(24-23-16)14-6-3-2-4-7-14/h2-4,6-7,9-10,12-13H,5,8,11H2,1H3,(H,23,24). The van der Waals surface area contributed by atoms with Crippen LogP contribution in [0.1, 0.15) is 22.5 Å². The predicted molar refractivity (Wildman–Crippen MR) is 108 cm³/mol. The van der Waals surface area contributed by atoms with E-state index in [2.05, 4.69) is 32.2 Å². The van der Waals surface area contributed by atoms with E-state index in [9.17, 15) is 4.79 Å². The van der Waals surface area contributed by atoms with Crippen LogP contribution in [0.4, 0.5) is 0 Å². The predicted octanol–water partition coefficient (Wildman–Crippen LogP) is 5.20. The first-order chi connectivity index (χ1) is 12.5. The molecular formula is C20H19BrClN3O. The molecular weight excluding hydrogens is 414 g/mol. The maximum absolute atomic E-state index is 12.5. The van der Waals surface area contributed by atoms with Gasteiger partial charge in [0.05, 0.1) is 16.3 Å². The number of nitrogens with zero attached hydrogens (tertiary/aromatic N) is 2. The van der Waals surface area contributed by atoms with Gasteiger partial charge in [0.25, 0.3) is 5.91 Å². The Bertz CT molecular complexity index is 895. The van der Waals surface area contributed by atoms with Crippen molar-refractivity contribution in [1.82, 2.24) is 15.1 Å². The number of aryl methyl sites for hydroxylation is 1. The lowest BCUT2D eigenvalue weighted by molar-refractivity contribution is 0.0793. The highest BCUT2D eigenvalue weighted by Crippen LogP contribution is 2.22. The summed E-state index contributed by atoms with van der Waals surface area (Å²) in [4.78, 5) is 14.2. The van der Waals surface area contributed by atoms with Crippen molar-refractivity contribution in [2.45, 2.75) is 12.8 Å². The average molecular weight is 433 g/mol. The van der Waals surface area contributed by atoms with Gasteiger partial charge in [-0.15, -0.1) is 0 Å². The second kappa shape index (κ2) is 8.52. The van der Waals surface area contributed by atoms with E-state index in [-0.39, 0.29) is 5.91 Å². The van der Waals surface area contributed by atoms with Crippen molar-refractivity contribution in [2.75, 3.05) is 13.6 Å². The highest BCUT2D eigenvalue weighted by atomic mass is 79.9. The van der Waals surface area contributed by atoms with Gasteiger partial charge < -0.3 is 4.90 Å². The lowest BCUT2D eigenvalue weighted by Gasteiger charge is -2.17. The molecule has 0 aliphatic carbocycles. The van der Waals surface area contributed by atoms with Crippen LogP contribution in [-0.4, -0.2) is 34.6 Å². The summed E-state index contributed by atoms with van der Waals surface area (Å²) in [5, 5.41) is 7.89. The summed E-state index contributed by atoms with van der Waals surface area (Å²) in [6, 6.07) is 17.4. The van der Waals surface area contributed by atoms with E-state index < -0.39 is 0 Å². The van der Waals surface area contributed by atoms with Gasteiger partial charge >= 0.3 is 0 Å². The van der Waals surface area contributed by atoms with Gasteiger partial charge in [0, 0.05) is 29.3 Å². The van der Waals surface area contributed by atoms with E-state index >= 15 is 0 Å². The summed E-state index contributed by atoms with van der Waals surface area (Å²) >= 11 is 9.52. The quantitative estimate of drug-likeness (QED) is 0.582. The Labute approximate surface area is 166 Å². The van der Waals surface area contributed by atoms with Gasteiger partial charge in [-0.3, -0.25) is 9.89 Å². The first kappa shape index (κ1) is 18.7. The molecule has 1 amide bonds. The molecule has 0 unspecified atom stereocenters. The molecule has 1 heterocycles. The lowest BCUT2D eigenvalue weighted by Crippen LogP contribution is -2.28. The van der Waals surface area contributed by atoms with Gasteiger partial charge in [-0.1, -0.05) is 57.9 Å². The van der Waals surface area contributed by atoms with Crippen LogP contribution < -0.4 is 0 Å². The van der Waals surface area contributed by atoms with Crippen LogP contribution in [-0.2, 0) is 6.42 Å². The molecule has 0 fully saturated rings. The summed E-state index contributed by atoms with van der Waals surface area (Å²) in [6.07, 6.45) is 1.67. The number of hydrogen-bond acceptors (Lipinski definition) is 2. The lowest BCUT2D eigenvalue weighted by atomic mass is 10.1. The normalized spacial score (nSPS) is 10.7. The van der Waals surface area contributed by atoms with Gasteiger partial charge in [-0.05, 0) is 37.1 Å². The zero-order valence-corrected chi connectivity index (χ0v) is 16.7. The van der Waals surface area contributed by atoms with Crippen molar-refractivity contribution in [3.8, 4) is 11.3 Å². The minimum absolute atomic E-state index is 0.0721. The molecule has 1 aromatic heterocycles. The van der Waals surface area contributed by atoms with E-state index in [0.717, 1.165) is 34.3 Å². The molecule has 0 saturated heterocycles. The first-order valence-electron chi connectivity index (χ1n) is 8.35. The largest absolute Gasteiger partial charge is 0.342 e. The minimum Gasteiger partial charge on any atom is -0.342 e. The number of carbonyl (C=O) groups excluding carboxylic acids is 1. The molecule has 0 aliphatic rings. The van der Waals surface area contributed by atoms with Crippen molar-refractivity contribution in [3.63, 3.8) is 0 Å². The third-order valence-corrected chi connectivity index (χ3v) is 4.95. The maximum Gasteiger partial charge on any atom is 0.255 e. The van der Waals surface area contributed by atoms with Gasteiger partial charge in [0.1, 0.15) is 0 Å². The van der Waals surface area contributed by atoms with Crippen molar-refractivity contribution < 1.29 is 4.79 Å². The van der Waals surface area contributed by atoms with Crippen molar-refractivity contribution in [3.05, 3.63) is 75.4 Å². The number of nitrogens with one attached hydrogen (secondary N) is 1. The fraction of sp³-hybridized carbons (Fsp3) is 0.200. The Kier molecular flexibility index (Phi) is 6.12. The Morgan fingerprint density at radius 3 is 2.69 bits per heavy atom. The number of aromatic nitrogens is 2. The number of carbonyl (C=O) groups is 1. The van der Waals surface area contributed by atoms with Gasteiger partial charge in [0.2, 0.25) is 0 Å². The van der Waals surface area contributed by atoms with Gasteiger partial charge in [-0.2, -0.15) is 5.10 Å². The molecule has 3 rings (SSSR count). The smallest absolute Gasteiger partial charge is 0.255 e. The molecule has 26 heavy (non-hydrogen) atoms. The van der Waals surface area contributed by atoms with Crippen molar-refractivity contribution >= 4 is 33.4 Å². The number of halogens is 2. The highest BCUT2D eigenvalue weighted by Gasteiger charge is 2.15. The second-order valence-electron chi connectivity index (χ2n) is 6.10. The van der Waals surface area contributed by atoms with Crippen molar-refractivity contribution in [2.24, 2.45) is 0 Å². The zero-order chi connectivity index (χ0) is 18.5. The number of rotatable bonds is 6. The summed E-state index contributed by atoms with van der Waals surface area (Å²) in [6.45, 7) is 0.644. The number of H-pyrrole nitrogens is 1. The number of aromatic amines is 1. The van der Waals surface area contributed by atoms with Gasteiger partial charge in [-0.25, -0.2) is 0 Å². The minimum atomic E-state index is -0.0721. The molecule has 134 valence electrons. The summed E-state index contributed by atoms with van der Waals surface area (Å²) in [5.74, 6) is -0.0721. The van der Waals surface area contributed by atoms with E-state index in [0.29, 0.717) is 17.1 Å². The molecule has 1 N–H and O–H groups in total. The molecule has 2 aromatic carbocycles. The fourth-order valence-corrected chi connectivity index (χ4v) is 3.48. The molecule has 4 nitrogen and oxygen atoms in total. The maximum atomic E-state index is 12.5. The second-order valence-corrected chi connectivity index (χ2v) is 7.42. The third-order valence-electron chi connectivity index (χ3n) is 4.15. The van der Waals surface area contributed by atoms with Gasteiger partial charge in [0.15, 0.2) is 0 Å². The van der Waals surface area contributed by atoms with Crippen LogP contribution in [0, 0.1) is 0 Å². The topological polar surface area (TPSA) is 49.0 Å². The fourth-order valence-electron chi connectivity index (χ4n) is 2.72. The molecule has 0 radical (unpaired) electrons. The van der Waals surface area contributed by atoms with Crippen LogP contribution in [0.2, 0.25) is 5.02 Å². The molecule has 6 heteroatoms. The van der Waals surface area contributed by atoms with Crippen LogP contribution in [0.5, 0.6) is 0 Å². The van der Waals surface area contributed by atoms with Crippen molar-refractivity contribution in [1.29, 1.82) is 0 Å². The van der Waals surface area contributed by atoms with E-state index in [1.807, 2.05) is 36.4 Å². The molecule has 0 aliphatic heterocycles. The summed E-state index contributed by atoms with van der Waals surface area (Å²) in [5.41, 5.74) is 3.61. The van der Waals surface area contributed by atoms with Crippen LogP contribution in [0.25, 0.3) is 11.3 Å². The number of hydrogen-bond donors (Lipinski definition) is 1. The van der Waals surface area contributed by atoms with Crippen LogP contribution in [0.15, 0.2) is 59.1 Å². The first-order valence-corrected chi connectivity index (χ1v) is 9.52. The Balaban J connectivity index is 1.54. The SMILES string of the molecule is CN(CCCc1cc(-c2ccccc2)n[nH]1)C(=O)c1ccc(Br)cc1Cl. The molecule has 0 bridgehead atoms. The molecule has 0 atom stereocenters. The Morgan fingerprint density at radius 2 is 1.96 bits per heavy atom. The third kappa shape index (κ3) is 4.54. The number of benzene rings is 2. The monoisotopic (exact) mass is 431 g/mol. The highest BCUT2D eigenvalue weighted by molar-refractivity contribution is 9.10. The average Bonchev–Trinajstić information content (AvgIpc) is 3.11. The molecule has 0 spiro atoms. The molecule has 0 saturated carbocycles. The van der Waals surface area contributed by atoms with E-state index in [4.69, 9.17) is 11.6 Å². The summed E-state index contributed by atoms with van der Waals surface area (Å²) < 4.78 is 0.857. The Morgan fingerprint density at radius 1 is 1.19 bits per heavy atom. The van der Waals surface area contributed by atoms with Crippen LogP contribution in [0.3, 0.4) is 0 Å². The van der Waals surface area contributed by atoms with E-state index in [1.165, 1.54) is 0 Å². The summed E-state index contributed by atoms with van der Waals surface area (Å²) in [7, 11) is 1.79. The Hall–Kier alpha value is -2.11. The van der Waals surface area contributed by atoms with Crippen LogP contribution >= 0.6 is 27.5 Å². The van der Waals surface area contributed by atoms with E-state index in [1.54, 1.807) is 24.1 Å². The number of amides is 1. The molecule has 3 aromatic rings. The zero-order valence-electron chi connectivity index (χ0n) is 14.4.